The van der Waals surface area contributed by atoms with Crippen LogP contribution in [0.4, 0.5) is 0 Å². The lowest BCUT2D eigenvalue weighted by Crippen LogP contribution is -2.06. The normalized spacial score (nSPS) is 10.2. The summed E-state index contributed by atoms with van der Waals surface area (Å²) >= 11 is 0. The number of phenolic OH excluding ortho intramolecular Hbond substituents is 1. The van der Waals surface area contributed by atoms with Crippen LogP contribution in [0, 0.1) is 0 Å². The quantitative estimate of drug-likeness (QED) is 0.777. The molecule has 0 saturated heterocycles. The van der Waals surface area contributed by atoms with Gasteiger partial charge in [0.1, 0.15) is 12.4 Å². The van der Waals surface area contributed by atoms with Gasteiger partial charge in [-0.25, -0.2) is 0 Å². The number of hydrogen-bond donors (Lipinski definition) is 1. The topological polar surface area (TPSA) is 46.5 Å². The Morgan fingerprint density at radius 3 is 2.93 bits per heavy atom. The molecule has 1 rings (SSSR count). The zero-order valence-electron chi connectivity index (χ0n) is 8.90. The number of aryl methyl sites for hydroxylation is 1. The molecular weight excluding hydrogens is 192 g/mol. The van der Waals surface area contributed by atoms with Crippen molar-refractivity contribution in [1.82, 2.24) is 0 Å². The van der Waals surface area contributed by atoms with E-state index >= 15 is 0 Å². The smallest absolute Gasteiger partial charge is 0.158 e. The lowest BCUT2D eigenvalue weighted by molar-refractivity contribution is -0.122. The molecule has 3 heteroatoms. The first kappa shape index (κ1) is 11.7. The number of ketones is 1. The van der Waals surface area contributed by atoms with Crippen molar-refractivity contribution >= 4 is 5.78 Å². The highest BCUT2D eigenvalue weighted by Crippen LogP contribution is 2.13. The van der Waals surface area contributed by atoms with E-state index in [9.17, 15) is 9.90 Å². The highest BCUT2D eigenvalue weighted by Gasteiger charge is 2.01. The summed E-state index contributed by atoms with van der Waals surface area (Å²) < 4.78 is 4.74. The van der Waals surface area contributed by atoms with Gasteiger partial charge in [-0.3, -0.25) is 4.79 Å². The maximum Gasteiger partial charge on any atom is 0.158 e. The molecule has 0 radical (unpaired) electrons. The highest BCUT2D eigenvalue weighted by molar-refractivity contribution is 5.79. The highest BCUT2D eigenvalue weighted by atomic mass is 16.5. The van der Waals surface area contributed by atoms with Crippen LogP contribution in [0.2, 0.25) is 0 Å². The third-order valence-electron chi connectivity index (χ3n) is 2.14. The molecular formula is C12H16O3. The van der Waals surface area contributed by atoms with E-state index in [1.165, 1.54) is 7.11 Å². The average Bonchev–Trinajstić information content (AvgIpc) is 2.18. The number of Topliss-reactive ketones (excluding diaryl/α,β-unsaturated/α-hetero) is 1. The lowest BCUT2D eigenvalue weighted by atomic mass is 10.1. The lowest BCUT2D eigenvalue weighted by Gasteiger charge is -2.01. The van der Waals surface area contributed by atoms with Gasteiger partial charge in [-0.15, -0.1) is 0 Å². The number of hydrogen-bond acceptors (Lipinski definition) is 3. The number of ether oxygens (including phenoxy) is 1. The second-order valence-electron chi connectivity index (χ2n) is 3.50. The SMILES string of the molecule is COCC(=O)CCCc1cccc(O)c1. The van der Waals surface area contributed by atoms with Crippen LogP contribution in [-0.2, 0) is 16.0 Å². The Bertz CT molecular complexity index is 320. The average molecular weight is 208 g/mol. The minimum atomic E-state index is 0.123. The standard InChI is InChI=1S/C12H16O3/c1-15-9-12(14)7-3-5-10-4-2-6-11(13)8-10/h2,4,6,8,13H,3,5,7,9H2,1H3. The van der Waals surface area contributed by atoms with E-state index in [0.717, 1.165) is 18.4 Å². The molecule has 0 aromatic heterocycles. The van der Waals surface area contributed by atoms with Gasteiger partial charge in [0.25, 0.3) is 0 Å². The first-order valence-electron chi connectivity index (χ1n) is 5.01. The summed E-state index contributed by atoms with van der Waals surface area (Å²) in [4.78, 5) is 11.1. The van der Waals surface area contributed by atoms with Crippen LogP contribution in [0.5, 0.6) is 5.75 Å². The van der Waals surface area contributed by atoms with E-state index in [-0.39, 0.29) is 18.1 Å². The van der Waals surface area contributed by atoms with Crippen molar-refractivity contribution in [3.8, 4) is 5.75 Å². The summed E-state index contributed by atoms with van der Waals surface area (Å²) in [5, 5.41) is 9.22. The monoisotopic (exact) mass is 208 g/mol. The number of methoxy groups -OCH3 is 1. The predicted octanol–water partition coefficient (Wildman–Crippen LogP) is 1.93. The molecule has 0 fully saturated rings. The van der Waals surface area contributed by atoms with E-state index in [2.05, 4.69) is 0 Å². The Morgan fingerprint density at radius 2 is 2.27 bits per heavy atom. The zero-order chi connectivity index (χ0) is 11.1. The van der Waals surface area contributed by atoms with Crippen molar-refractivity contribution in [3.05, 3.63) is 29.8 Å². The molecule has 0 aliphatic carbocycles. The largest absolute Gasteiger partial charge is 0.508 e. The fraction of sp³-hybridized carbons (Fsp3) is 0.417. The molecule has 1 N–H and O–H groups in total. The van der Waals surface area contributed by atoms with Crippen molar-refractivity contribution in [3.63, 3.8) is 0 Å². The molecule has 0 aliphatic heterocycles. The summed E-state index contributed by atoms with van der Waals surface area (Å²) in [6.45, 7) is 0.194. The van der Waals surface area contributed by atoms with Crippen molar-refractivity contribution in [2.45, 2.75) is 19.3 Å². The van der Waals surface area contributed by atoms with E-state index in [1.54, 1.807) is 12.1 Å². The molecule has 1 aromatic carbocycles. The maximum absolute atomic E-state index is 11.1. The second kappa shape index (κ2) is 6.19. The van der Waals surface area contributed by atoms with Crippen LogP contribution in [0.1, 0.15) is 18.4 Å². The van der Waals surface area contributed by atoms with E-state index < -0.39 is 0 Å². The van der Waals surface area contributed by atoms with Gasteiger partial charge in [0, 0.05) is 13.5 Å². The van der Waals surface area contributed by atoms with Gasteiger partial charge in [-0.1, -0.05) is 12.1 Å². The van der Waals surface area contributed by atoms with E-state index in [1.807, 2.05) is 12.1 Å². The van der Waals surface area contributed by atoms with Gasteiger partial charge in [-0.05, 0) is 30.5 Å². The molecule has 3 nitrogen and oxygen atoms in total. The molecule has 82 valence electrons. The molecule has 0 heterocycles. The first-order chi connectivity index (χ1) is 7.22. The van der Waals surface area contributed by atoms with Gasteiger partial charge in [-0.2, -0.15) is 0 Å². The fourth-order valence-corrected chi connectivity index (χ4v) is 1.43. The summed E-state index contributed by atoms with van der Waals surface area (Å²) in [6.07, 6.45) is 2.14. The molecule has 0 saturated carbocycles. The van der Waals surface area contributed by atoms with Crippen molar-refractivity contribution in [1.29, 1.82) is 0 Å². The van der Waals surface area contributed by atoms with Crippen LogP contribution in [0.25, 0.3) is 0 Å². The van der Waals surface area contributed by atoms with E-state index in [0.29, 0.717) is 6.42 Å². The maximum atomic E-state index is 11.1. The van der Waals surface area contributed by atoms with Crippen molar-refractivity contribution in [2.24, 2.45) is 0 Å². The first-order valence-corrected chi connectivity index (χ1v) is 5.01. The van der Waals surface area contributed by atoms with E-state index in [4.69, 9.17) is 4.74 Å². The van der Waals surface area contributed by atoms with Crippen LogP contribution in [0.15, 0.2) is 24.3 Å². The number of benzene rings is 1. The zero-order valence-corrected chi connectivity index (χ0v) is 8.90. The van der Waals surface area contributed by atoms with Crippen molar-refractivity contribution < 1.29 is 14.6 Å². The fourth-order valence-electron chi connectivity index (χ4n) is 1.43. The number of aromatic hydroxyl groups is 1. The molecule has 15 heavy (non-hydrogen) atoms. The minimum Gasteiger partial charge on any atom is -0.508 e. The third-order valence-corrected chi connectivity index (χ3v) is 2.14. The van der Waals surface area contributed by atoms with Crippen LogP contribution in [-0.4, -0.2) is 24.6 Å². The second-order valence-corrected chi connectivity index (χ2v) is 3.50. The molecule has 0 bridgehead atoms. The van der Waals surface area contributed by atoms with Crippen LogP contribution >= 0.6 is 0 Å². The summed E-state index contributed by atoms with van der Waals surface area (Å²) in [6, 6.07) is 7.11. The molecule has 1 aromatic rings. The molecule has 0 unspecified atom stereocenters. The van der Waals surface area contributed by atoms with Gasteiger partial charge < -0.3 is 9.84 Å². The van der Waals surface area contributed by atoms with Crippen LogP contribution in [0.3, 0.4) is 0 Å². The number of phenols is 1. The third kappa shape index (κ3) is 4.61. The van der Waals surface area contributed by atoms with Gasteiger partial charge in [0.05, 0.1) is 0 Å². The molecule has 0 amide bonds. The summed E-state index contributed by atoms with van der Waals surface area (Å²) in [5.41, 5.74) is 1.06. The Balaban J connectivity index is 2.28. The minimum absolute atomic E-state index is 0.123. The van der Waals surface area contributed by atoms with Gasteiger partial charge in [0.2, 0.25) is 0 Å². The Morgan fingerprint density at radius 1 is 1.47 bits per heavy atom. The molecule has 0 atom stereocenters. The Hall–Kier alpha value is -1.35. The molecule has 0 spiro atoms. The van der Waals surface area contributed by atoms with Crippen molar-refractivity contribution in [2.75, 3.05) is 13.7 Å². The van der Waals surface area contributed by atoms with Gasteiger partial charge in [0.15, 0.2) is 5.78 Å². The summed E-state index contributed by atoms with van der Waals surface area (Å²) in [5.74, 6) is 0.397. The number of rotatable bonds is 6. The Labute approximate surface area is 89.7 Å². The Kier molecular flexibility index (Phi) is 4.84. The number of carbonyl (C=O) groups is 1. The molecule has 0 aliphatic rings. The summed E-state index contributed by atoms with van der Waals surface area (Å²) in [7, 11) is 1.52. The predicted molar refractivity (Wildman–Crippen MR) is 57.9 cm³/mol. The number of carbonyl (C=O) groups excluding carboxylic acids is 1. The van der Waals surface area contributed by atoms with Gasteiger partial charge >= 0.3 is 0 Å². The van der Waals surface area contributed by atoms with Crippen LogP contribution < -0.4 is 0 Å².